The van der Waals surface area contributed by atoms with Crippen LogP contribution in [0.1, 0.15) is 110 Å². The van der Waals surface area contributed by atoms with Gasteiger partial charge in [-0.05, 0) is 144 Å². The summed E-state index contributed by atoms with van der Waals surface area (Å²) < 4.78 is 26.4. The van der Waals surface area contributed by atoms with Crippen molar-refractivity contribution < 1.29 is 18.9 Å². The summed E-state index contributed by atoms with van der Waals surface area (Å²) in [7, 11) is 0. The van der Waals surface area contributed by atoms with E-state index in [9.17, 15) is 0 Å². The largest absolute Gasteiger partial charge is 0.489 e. The van der Waals surface area contributed by atoms with Gasteiger partial charge in [0.05, 0.1) is 0 Å². The van der Waals surface area contributed by atoms with E-state index in [1.165, 1.54) is 33.4 Å². The Kier molecular flexibility index (Phi) is 11.4. The van der Waals surface area contributed by atoms with E-state index >= 15 is 0 Å². The van der Waals surface area contributed by atoms with E-state index in [1.807, 2.05) is 24.3 Å². The van der Waals surface area contributed by atoms with Crippen LogP contribution in [0.25, 0.3) is 0 Å². The fourth-order valence-electron chi connectivity index (χ4n) is 18.3. The number of benzene rings is 6. The molecule has 0 aliphatic heterocycles. The van der Waals surface area contributed by atoms with Crippen molar-refractivity contribution in [2.75, 3.05) is 26.4 Å². The van der Waals surface area contributed by atoms with Gasteiger partial charge in [-0.1, -0.05) is 184 Å². The Morgan fingerprint density at radius 2 is 0.569 bits per heavy atom. The van der Waals surface area contributed by atoms with Gasteiger partial charge in [0.1, 0.15) is 49.4 Å². The van der Waals surface area contributed by atoms with Crippen LogP contribution in [-0.2, 0) is 32.5 Å². The van der Waals surface area contributed by atoms with Crippen molar-refractivity contribution in [2.24, 2.45) is 10.8 Å². The molecular weight excluding hydrogens is 881 g/mol. The molecule has 8 aliphatic carbocycles. The molecule has 366 valence electrons. The molecule has 8 bridgehead atoms. The smallest absolute Gasteiger partial charge is 0.127 e. The zero-order chi connectivity index (χ0) is 49.1. The van der Waals surface area contributed by atoms with Crippen molar-refractivity contribution in [1.29, 1.82) is 0 Å². The second-order valence-corrected chi connectivity index (χ2v) is 23.5. The number of ether oxygens (including phenoxy) is 4. The average molecular weight is 951 g/mol. The summed E-state index contributed by atoms with van der Waals surface area (Å²) in [6, 6.07) is 60.6. The molecule has 8 saturated carbocycles. The van der Waals surface area contributed by atoms with Crippen molar-refractivity contribution >= 4 is 0 Å². The van der Waals surface area contributed by atoms with Crippen molar-refractivity contribution in [3.8, 4) is 23.0 Å². The normalized spacial score (nSPS) is 32.4. The van der Waals surface area contributed by atoms with Crippen LogP contribution < -0.4 is 18.9 Å². The maximum Gasteiger partial charge on any atom is 0.127 e. The second kappa shape index (κ2) is 17.6. The highest BCUT2D eigenvalue weighted by atomic mass is 16.5. The first-order chi connectivity index (χ1) is 35.1. The lowest BCUT2D eigenvalue weighted by molar-refractivity contribution is -0.237. The van der Waals surface area contributed by atoms with Crippen molar-refractivity contribution in [2.45, 2.75) is 110 Å². The number of rotatable bonds is 19. The third kappa shape index (κ3) is 7.28. The fraction of sp³-hybridized carbons (Fsp3) is 0.353. The van der Waals surface area contributed by atoms with Crippen LogP contribution >= 0.6 is 0 Å². The van der Waals surface area contributed by atoms with E-state index < -0.39 is 0 Å². The summed E-state index contributed by atoms with van der Waals surface area (Å²) in [5.41, 5.74) is 7.61. The minimum atomic E-state index is -0.216. The first-order valence-electron chi connectivity index (χ1n) is 26.6. The molecule has 8 aliphatic rings. The molecule has 0 heterocycles. The Labute approximate surface area is 428 Å². The molecule has 0 amide bonds. The molecule has 0 saturated heterocycles. The summed E-state index contributed by atoms with van der Waals surface area (Å²) in [5, 5.41) is 0. The van der Waals surface area contributed by atoms with Gasteiger partial charge in [0.15, 0.2) is 0 Å². The summed E-state index contributed by atoms with van der Waals surface area (Å²) in [4.78, 5) is 0. The Hall–Kier alpha value is -6.52. The predicted octanol–water partition coefficient (Wildman–Crippen LogP) is 15.6. The molecule has 4 atom stereocenters. The lowest BCUT2D eigenvalue weighted by Gasteiger charge is -2.81. The molecule has 6 aromatic carbocycles. The molecule has 4 heteroatoms. The summed E-state index contributed by atoms with van der Waals surface area (Å²) in [6.45, 7) is 17.9. The average Bonchev–Trinajstić information content (AvgIpc) is 3.41. The maximum atomic E-state index is 6.90. The minimum Gasteiger partial charge on any atom is -0.489 e. The molecule has 0 N–H and O–H groups in total. The number of hydrogen-bond acceptors (Lipinski definition) is 4. The summed E-state index contributed by atoms with van der Waals surface area (Å²) >= 11 is 0. The van der Waals surface area contributed by atoms with E-state index in [2.05, 4.69) is 184 Å². The Balaban J connectivity index is 1.16. The highest BCUT2D eigenvalue weighted by molar-refractivity contribution is 5.56. The van der Waals surface area contributed by atoms with Gasteiger partial charge in [-0.25, -0.2) is 0 Å². The van der Waals surface area contributed by atoms with Crippen LogP contribution in [0.2, 0.25) is 0 Å². The van der Waals surface area contributed by atoms with Crippen molar-refractivity contribution in [3.63, 3.8) is 0 Å². The van der Waals surface area contributed by atoms with E-state index in [4.69, 9.17) is 18.9 Å². The van der Waals surface area contributed by atoms with E-state index in [1.54, 1.807) is 0 Å². The fourth-order valence-corrected chi connectivity index (χ4v) is 18.3. The minimum absolute atomic E-state index is 0.0805. The van der Waals surface area contributed by atoms with E-state index in [0.717, 1.165) is 100 Å². The standard InChI is InChI=1S/C68H70O4/c1-5-33-69-55-29-31-57(59(37-55)71-35-7-3)65-41-61(51-21-13-9-14-22-51)39-62(42-65,52-23-15-10-16-24-52)46-67(45-61,49-65)68-47-63(53-25-17-11-18-26-53)40-64(48-68,54-27-19-12-20-28-54)44-66(43-63,50-68)58-32-30-56(70-34-6-2)38-60(58)72-36-8-4/h5-32,37-38H,1-4,33-36,39-50H2. The van der Waals surface area contributed by atoms with Gasteiger partial charge in [0.25, 0.3) is 0 Å². The SMILES string of the molecule is C=CCOc1ccc(C23CC4(c5ccccc5)CC(c5ccccc5)(C2)CC(C25CC6(c7ccccc7)CC(c7ccccc7)(CC(c7ccc(OCC=C)cc7OCC=C)(C6)C2)C5)(C4)C3)c(OCC=C)c1. The van der Waals surface area contributed by atoms with Gasteiger partial charge in [-0.2, -0.15) is 0 Å². The van der Waals surface area contributed by atoms with E-state index in [0.29, 0.717) is 26.4 Å². The summed E-state index contributed by atoms with van der Waals surface area (Å²) in [5.74, 6) is 3.46. The highest BCUT2D eigenvalue weighted by Gasteiger charge is 2.79. The van der Waals surface area contributed by atoms with Crippen LogP contribution in [-0.4, -0.2) is 26.4 Å². The van der Waals surface area contributed by atoms with Gasteiger partial charge in [0.2, 0.25) is 0 Å². The molecule has 14 rings (SSSR count). The molecule has 4 nitrogen and oxygen atoms in total. The first kappa shape index (κ1) is 46.5. The molecule has 0 radical (unpaired) electrons. The van der Waals surface area contributed by atoms with Gasteiger partial charge < -0.3 is 18.9 Å². The highest BCUT2D eigenvalue weighted by Crippen LogP contribution is 2.86. The molecule has 4 unspecified atom stereocenters. The lowest BCUT2D eigenvalue weighted by atomic mass is 9.23. The third-order valence-corrected chi connectivity index (χ3v) is 19.3. The van der Waals surface area contributed by atoms with Gasteiger partial charge in [-0.3, -0.25) is 0 Å². The second-order valence-electron chi connectivity index (χ2n) is 23.5. The Morgan fingerprint density at radius 3 is 0.861 bits per heavy atom. The molecule has 72 heavy (non-hydrogen) atoms. The quantitative estimate of drug-likeness (QED) is 0.0758. The molecule has 8 fully saturated rings. The van der Waals surface area contributed by atoms with Crippen LogP contribution in [0.15, 0.2) is 208 Å². The monoisotopic (exact) mass is 951 g/mol. The first-order valence-corrected chi connectivity index (χ1v) is 26.6. The van der Waals surface area contributed by atoms with Crippen LogP contribution in [0, 0.1) is 10.8 Å². The Morgan fingerprint density at radius 1 is 0.306 bits per heavy atom. The van der Waals surface area contributed by atoms with Crippen LogP contribution in [0.3, 0.4) is 0 Å². The van der Waals surface area contributed by atoms with Crippen LogP contribution in [0.5, 0.6) is 23.0 Å². The predicted molar refractivity (Wildman–Crippen MR) is 292 cm³/mol. The molecule has 0 spiro atoms. The topological polar surface area (TPSA) is 36.9 Å². The van der Waals surface area contributed by atoms with Crippen molar-refractivity contribution in [1.82, 2.24) is 0 Å². The van der Waals surface area contributed by atoms with Gasteiger partial charge in [0, 0.05) is 34.1 Å². The lowest BCUT2D eigenvalue weighted by Crippen LogP contribution is -2.75. The van der Waals surface area contributed by atoms with Gasteiger partial charge >= 0.3 is 0 Å². The van der Waals surface area contributed by atoms with Gasteiger partial charge in [-0.15, -0.1) is 0 Å². The molecule has 6 aromatic rings. The molecular formula is C68H70O4. The Bertz CT molecular complexity index is 2680. The third-order valence-electron chi connectivity index (χ3n) is 19.3. The van der Waals surface area contributed by atoms with E-state index in [-0.39, 0.29) is 43.3 Å². The zero-order valence-corrected chi connectivity index (χ0v) is 42.1. The number of hydrogen-bond donors (Lipinski definition) is 0. The van der Waals surface area contributed by atoms with Crippen LogP contribution in [0.4, 0.5) is 0 Å². The molecule has 0 aromatic heterocycles. The van der Waals surface area contributed by atoms with Crippen molar-refractivity contribution in [3.05, 3.63) is 242 Å². The maximum absolute atomic E-state index is 6.90. The summed E-state index contributed by atoms with van der Waals surface area (Å²) in [6.07, 6.45) is 20.7. The zero-order valence-electron chi connectivity index (χ0n) is 42.1.